The van der Waals surface area contributed by atoms with Crippen molar-refractivity contribution in [3.05, 3.63) is 168 Å². The van der Waals surface area contributed by atoms with E-state index < -0.39 is 0 Å². The fourth-order valence-electron chi connectivity index (χ4n) is 7.37. The van der Waals surface area contributed by atoms with Gasteiger partial charge in [0, 0.05) is 38.4 Å². The van der Waals surface area contributed by atoms with Crippen LogP contribution in [0.5, 0.6) is 0 Å². The molecule has 0 aliphatic heterocycles. The maximum atomic E-state index is 10.2. The van der Waals surface area contributed by atoms with Gasteiger partial charge in [-0.1, -0.05) is 72.8 Å². The van der Waals surface area contributed by atoms with Crippen LogP contribution < -0.4 is 0 Å². The van der Waals surface area contributed by atoms with Gasteiger partial charge in [0.15, 0.2) is 0 Å². The maximum Gasteiger partial charge on any atom is 0.0998 e. The van der Waals surface area contributed by atoms with E-state index in [9.17, 15) is 15.8 Å². The first-order valence-electron chi connectivity index (χ1n) is 16.3. The molecular formula is C45H25N5. The molecule has 2 aromatic heterocycles. The Labute approximate surface area is 287 Å². The average molecular weight is 636 g/mol. The Kier molecular flexibility index (Phi) is 6.56. The van der Waals surface area contributed by atoms with Crippen molar-refractivity contribution in [3.63, 3.8) is 0 Å². The first-order chi connectivity index (χ1) is 24.7. The van der Waals surface area contributed by atoms with Crippen LogP contribution in [-0.2, 0) is 0 Å². The van der Waals surface area contributed by atoms with Crippen molar-refractivity contribution in [1.82, 2.24) is 9.13 Å². The zero-order chi connectivity index (χ0) is 33.8. The number of para-hydroxylation sites is 3. The van der Waals surface area contributed by atoms with Gasteiger partial charge in [-0.05, 0) is 90.0 Å². The summed E-state index contributed by atoms with van der Waals surface area (Å²) in [6.45, 7) is 0. The molecule has 0 aliphatic rings. The van der Waals surface area contributed by atoms with Gasteiger partial charge >= 0.3 is 0 Å². The molecule has 5 nitrogen and oxygen atoms in total. The highest BCUT2D eigenvalue weighted by molar-refractivity contribution is 6.11. The third kappa shape index (κ3) is 4.38. The lowest BCUT2D eigenvalue weighted by molar-refractivity contribution is 1.18. The second-order valence-corrected chi connectivity index (χ2v) is 12.3. The molecule has 0 saturated carbocycles. The lowest BCUT2D eigenvalue weighted by Gasteiger charge is -2.16. The average Bonchev–Trinajstić information content (AvgIpc) is 3.69. The summed E-state index contributed by atoms with van der Waals surface area (Å²) in [6.07, 6.45) is 0. The van der Waals surface area contributed by atoms with Crippen molar-refractivity contribution in [1.29, 1.82) is 15.8 Å². The number of hydrogen-bond donors (Lipinski definition) is 0. The van der Waals surface area contributed by atoms with E-state index in [4.69, 9.17) is 0 Å². The summed E-state index contributed by atoms with van der Waals surface area (Å²) in [6, 6.07) is 57.9. The van der Waals surface area contributed by atoms with Crippen LogP contribution in [0.2, 0.25) is 0 Å². The molecule has 230 valence electrons. The summed E-state index contributed by atoms with van der Waals surface area (Å²) < 4.78 is 4.48. The summed E-state index contributed by atoms with van der Waals surface area (Å²) in [5.74, 6) is 0. The number of benzene rings is 7. The molecule has 0 fully saturated rings. The fourth-order valence-corrected chi connectivity index (χ4v) is 7.37. The molecule has 5 heteroatoms. The number of rotatable bonds is 4. The topological polar surface area (TPSA) is 81.2 Å². The van der Waals surface area contributed by atoms with Gasteiger partial charge in [-0.3, -0.25) is 0 Å². The summed E-state index contributed by atoms with van der Waals surface area (Å²) >= 11 is 0. The van der Waals surface area contributed by atoms with Crippen LogP contribution in [0.1, 0.15) is 16.7 Å². The number of nitriles is 3. The number of aromatic nitrogens is 2. The van der Waals surface area contributed by atoms with Crippen LogP contribution in [0, 0.1) is 34.0 Å². The summed E-state index contributed by atoms with van der Waals surface area (Å²) in [5.41, 5.74) is 11.7. The SMILES string of the molecule is N#Cc1ccc2c(c1)c1cc(C#N)ccc1n2-c1ccccc1-c1ccc(C#N)c(-c2ccc(-n3c4ccccc4c4ccccc43)cc2)c1. The van der Waals surface area contributed by atoms with E-state index in [0.717, 1.165) is 66.5 Å². The Morgan fingerprint density at radius 1 is 0.380 bits per heavy atom. The first kappa shape index (κ1) is 28.8. The van der Waals surface area contributed by atoms with E-state index in [0.29, 0.717) is 16.7 Å². The van der Waals surface area contributed by atoms with E-state index >= 15 is 0 Å². The van der Waals surface area contributed by atoms with Crippen LogP contribution >= 0.6 is 0 Å². The second-order valence-electron chi connectivity index (χ2n) is 12.3. The van der Waals surface area contributed by atoms with Crippen LogP contribution in [0.25, 0.3) is 77.2 Å². The fraction of sp³-hybridized carbons (Fsp3) is 0. The van der Waals surface area contributed by atoms with Crippen molar-refractivity contribution in [2.75, 3.05) is 0 Å². The maximum absolute atomic E-state index is 10.2. The smallest absolute Gasteiger partial charge is 0.0998 e. The van der Waals surface area contributed by atoms with Crippen LogP contribution in [0.15, 0.2) is 152 Å². The van der Waals surface area contributed by atoms with E-state index in [2.05, 4.69) is 118 Å². The molecule has 7 aromatic carbocycles. The molecule has 0 atom stereocenters. The zero-order valence-electron chi connectivity index (χ0n) is 26.7. The van der Waals surface area contributed by atoms with Gasteiger partial charge in [0.25, 0.3) is 0 Å². The summed E-state index contributed by atoms with van der Waals surface area (Å²) in [7, 11) is 0. The highest BCUT2D eigenvalue weighted by Gasteiger charge is 2.18. The number of fused-ring (bicyclic) bond motifs is 6. The molecule has 0 amide bonds. The Morgan fingerprint density at radius 2 is 0.920 bits per heavy atom. The predicted octanol–water partition coefficient (Wildman–Crippen LogP) is 10.8. The lowest BCUT2D eigenvalue weighted by atomic mass is 9.94. The molecule has 2 heterocycles. The molecule has 0 N–H and O–H groups in total. The Balaban J connectivity index is 1.19. The van der Waals surface area contributed by atoms with Crippen molar-refractivity contribution in [2.24, 2.45) is 0 Å². The van der Waals surface area contributed by atoms with Crippen LogP contribution in [-0.4, -0.2) is 9.13 Å². The molecule has 0 unspecified atom stereocenters. The molecule has 50 heavy (non-hydrogen) atoms. The Bertz CT molecular complexity index is 2830. The van der Waals surface area contributed by atoms with Gasteiger partial charge in [-0.2, -0.15) is 15.8 Å². The molecule has 0 saturated heterocycles. The Morgan fingerprint density at radius 3 is 1.52 bits per heavy atom. The molecular weight excluding hydrogens is 611 g/mol. The molecule has 0 radical (unpaired) electrons. The molecule has 0 aliphatic carbocycles. The van der Waals surface area contributed by atoms with Crippen LogP contribution in [0.4, 0.5) is 0 Å². The Hall–Kier alpha value is -7.39. The van der Waals surface area contributed by atoms with Gasteiger partial charge in [0.05, 0.1) is 62.7 Å². The standard InChI is InChI=1S/C45H25N5/c46-26-29-13-21-44-39(23-29)40-24-30(27-47)14-22-45(40)50(44)41-10-4-1-7-35(41)32-15-16-33(28-48)38(25-32)31-17-19-34(20-18-31)49-42-11-5-2-8-36(42)37-9-3-6-12-43(37)49/h1-25H. The first-order valence-corrected chi connectivity index (χ1v) is 16.3. The normalized spacial score (nSPS) is 11.1. The third-order valence-electron chi connectivity index (χ3n) is 9.64. The van der Waals surface area contributed by atoms with Crippen LogP contribution in [0.3, 0.4) is 0 Å². The van der Waals surface area contributed by atoms with Gasteiger partial charge in [0.1, 0.15) is 0 Å². The van der Waals surface area contributed by atoms with Crippen molar-refractivity contribution in [2.45, 2.75) is 0 Å². The minimum Gasteiger partial charge on any atom is -0.309 e. The highest BCUT2D eigenvalue weighted by Crippen LogP contribution is 2.39. The molecule has 9 rings (SSSR count). The summed E-state index contributed by atoms with van der Waals surface area (Å²) in [4.78, 5) is 0. The molecule has 9 aromatic rings. The highest BCUT2D eigenvalue weighted by atomic mass is 15.0. The van der Waals surface area contributed by atoms with Crippen molar-refractivity contribution in [3.8, 4) is 51.8 Å². The third-order valence-corrected chi connectivity index (χ3v) is 9.64. The number of nitrogens with zero attached hydrogens (tertiary/aromatic N) is 5. The zero-order valence-corrected chi connectivity index (χ0v) is 26.7. The van der Waals surface area contributed by atoms with Crippen molar-refractivity contribution >= 4 is 43.6 Å². The molecule has 0 bridgehead atoms. The van der Waals surface area contributed by atoms with E-state index in [1.165, 1.54) is 10.8 Å². The lowest BCUT2D eigenvalue weighted by Crippen LogP contribution is -1.98. The van der Waals surface area contributed by atoms with E-state index in [1.54, 1.807) is 0 Å². The number of hydrogen-bond acceptors (Lipinski definition) is 3. The second kappa shape index (κ2) is 11.4. The predicted molar refractivity (Wildman–Crippen MR) is 200 cm³/mol. The minimum atomic E-state index is 0.563. The monoisotopic (exact) mass is 635 g/mol. The van der Waals surface area contributed by atoms with E-state index in [1.807, 2.05) is 60.7 Å². The minimum absolute atomic E-state index is 0.563. The quantitative estimate of drug-likeness (QED) is 0.193. The van der Waals surface area contributed by atoms with Gasteiger partial charge in [-0.25, -0.2) is 0 Å². The molecule has 0 spiro atoms. The van der Waals surface area contributed by atoms with E-state index in [-0.39, 0.29) is 0 Å². The summed E-state index contributed by atoms with van der Waals surface area (Å²) in [5, 5.41) is 33.8. The van der Waals surface area contributed by atoms with Gasteiger partial charge in [0.2, 0.25) is 0 Å². The van der Waals surface area contributed by atoms with Crippen molar-refractivity contribution < 1.29 is 0 Å². The van der Waals surface area contributed by atoms with Gasteiger partial charge < -0.3 is 9.13 Å². The van der Waals surface area contributed by atoms with Gasteiger partial charge in [-0.15, -0.1) is 0 Å². The largest absolute Gasteiger partial charge is 0.309 e.